The van der Waals surface area contributed by atoms with Crippen molar-refractivity contribution in [2.75, 3.05) is 6.54 Å². The fourth-order valence-corrected chi connectivity index (χ4v) is 2.26. The van der Waals surface area contributed by atoms with Gasteiger partial charge in [0.1, 0.15) is 5.69 Å². The van der Waals surface area contributed by atoms with Gasteiger partial charge in [0.25, 0.3) is 5.91 Å². The molecule has 1 saturated carbocycles. The molecular formula is C12H18N4O. The zero-order valence-corrected chi connectivity index (χ0v) is 10.0. The minimum absolute atomic E-state index is 0.150. The summed E-state index contributed by atoms with van der Waals surface area (Å²) in [6.45, 7) is 2.47. The van der Waals surface area contributed by atoms with Gasteiger partial charge in [0.15, 0.2) is 0 Å². The molecule has 0 bridgehead atoms. The highest BCUT2D eigenvalue weighted by Crippen LogP contribution is 2.24. The molecule has 2 rings (SSSR count). The molecular weight excluding hydrogens is 216 g/mol. The van der Waals surface area contributed by atoms with Gasteiger partial charge < -0.3 is 11.1 Å². The van der Waals surface area contributed by atoms with Crippen LogP contribution in [-0.4, -0.2) is 28.5 Å². The van der Waals surface area contributed by atoms with E-state index in [0.717, 1.165) is 25.0 Å². The van der Waals surface area contributed by atoms with Gasteiger partial charge in [-0.1, -0.05) is 6.42 Å². The van der Waals surface area contributed by atoms with Crippen LogP contribution in [-0.2, 0) is 0 Å². The second kappa shape index (κ2) is 5.23. The Kier molecular flexibility index (Phi) is 3.68. The van der Waals surface area contributed by atoms with Gasteiger partial charge in [0, 0.05) is 12.2 Å². The van der Waals surface area contributed by atoms with E-state index < -0.39 is 0 Å². The predicted molar refractivity (Wildman–Crippen MR) is 64.4 cm³/mol. The maximum Gasteiger partial charge on any atom is 0.271 e. The van der Waals surface area contributed by atoms with Crippen LogP contribution in [0.5, 0.6) is 0 Å². The lowest BCUT2D eigenvalue weighted by atomic mass is 10.0. The van der Waals surface area contributed by atoms with E-state index in [0.29, 0.717) is 18.2 Å². The van der Waals surface area contributed by atoms with Crippen LogP contribution in [0.15, 0.2) is 12.4 Å². The monoisotopic (exact) mass is 234 g/mol. The van der Waals surface area contributed by atoms with Gasteiger partial charge in [-0.15, -0.1) is 0 Å². The van der Waals surface area contributed by atoms with Crippen molar-refractivity contribution < 1.29 is 4.79 Å². The maximum absolute atomic E-state index is 11.9. The van der Waals surface area contributed by atoms with E-state index in [1.54, 1.807) is 6.20 Å². The normalized spacial score (nSPS) is 23.6. The summed E-state index contributed by atoms with van der Waals surface area (Å²) in [6, 6.07) is 0.190. The molecule has 0 aromatic carbocycles. The first-order chi connectivity index (χ1) is 8.20. The average molecular weight is 234 g/mol. The highest BCUT2D eigenvalue weighted by atomic mass is 16.1. The van der Waals surface area contributed by atoms with Crippen molar-refractivity contribution in [3.05, 3.63) is 23.8 Å². The van der Waals surface area contributed by atoms with E-state index in [1.807, 2.05) is 6.92 Å². The summed E-state index contributed by atoms with van der Waals surface area (Å²) in [5.41, 5.74) is 6.86. The number of aryl methyl sites for hydroxylation is 1. The number of rotatable bonds is 3. The molecule has 1 aromatic rings. The topological polar surface area (TPSA) is 80.9 Å². The number of carbonyl (C=O) groups excluding carboxylic acids is 1. The highest BCUT2D eigenvalue weighted by molar-refractivity contribution is 5.92. The molecule has 1 aromatic heterocycles. The number of nitrogens with one attached hydrogen (secondary N) is 1. The Hall–Kier alpha value is -1.49. The lowest BCUT2D eigenvalue weighted by Crippen LogP contribution is -2.40. The summed E-state index contributed by atoms with van der Waals surface area (Å²) < 4.78 is 0. The molecule has 1 aliphatic carbocycles. The Morgan fingerprint density at radius 2 is 2.29 bits per heavy atom. The van der Waals surface area contributed by atoms with Crippen molar-refractivity contribution in [1.82, 2.24) is 15.3 Å². The Labute approximate surface area is 101 Å². The van der Waals surface area contributed by atoms with Crippen molar-refractivity contribution in [3.63, 3.8) is 0 Å². The number of nitrogens with zero attached hydrogens (tertiary/aromatic N) is 2. The second-order valence-electron chi connectivity index (χ2n) is 4.55. The van der Waals surface area contributed by atoms with Crippen LogP contribution in [0.3, 0.4) is 0 Å². The average Bonchev–Trinajstić information content (AvgIpc) is 2.77. The quantitative estimate of drug-likeness (QED) is 0.804. The maximum atomic E-state index is 11.9. The van der Waals surface area contributed by atoms with Crippen molar-refractivity contribution in [2.24, 2.45) is 11.7 Å². The largest absolute Gasteiger partial charge is 0.348 e. The fourth-order valence-electron chi connectivity index (χ4n) is 2.26. The molecule has 0 radical (unpaired) electrons. The Morgan fingerprint density at radius 3 is 2.94 bits per heavy atom. The first-order valence-corrected chi connectivity index (χ1v) is 6.00. The van der Waals surface area contributed by atoms with Crippen molar-refractivity contribution in [2.45, 2.75) is 32.2 Å². The number of hydrogen-bond acceptors (Lipinski definition) is 4. The van der Waals surface area contributed by atoms with E-state index in [-0.39, 0.29) is 11.9 Å². The van der Waals surface area contributed by atoms with E-state index in [9.17, 15) is 4.79 Å². The third-order valence-electron chi connectivity index (χ3n) is 3.29. The van der Waals surface area contributed by atoms with Crippen LogP contribution in [0.2, 0.25) is 0 Å². The first-order valence-electron chi connectivity index (χ1n) is 6.00. The van der Waals surface area contributed by atoms with Crippen LogP contribution >= 0.6 is 0 Å². The van der Waals surface area contributed by atoms with E-state index >= 15 is 0 Å². The predicted octanol–water partition coefficient (Wildman–Crippen LogP) is 0.642. The zero-order chi connectivity index (χ0) is 12.3. The van der Waals surface area contributed by atoms with Crippen LogP contribution in [0, 0.1) is 12.8 Å². The van der Waals surface area contributed by atoms with Gasteiger partial charge in [-0.2, -0.15) is 0 Å². The minimum Gasteiger partial charge on any atom is -0.348 e. The van der Waals surface area contributed by atoms with Gasteiger partial charge >= 0.3 is 0 Å². The molecule has 0 saturated heterocycles. The standard InChI is InChI=1S/C12H18N4O/c1-8-6-15-11(7-14-8)12(17)16-10-4-2-3-9(10)5-13/h6-7,9-10H,2-5,13H2,1H3,(H,16,17). The number of amides is 1. The molecule has 1 heterocycles. The van der Waals surface area contributed by atoms with Crippen molar-refractivity contribution >= 4 is 5.91 Å². The molecule has 1 amide bonds. The summed E-state index contributed by atoms with van der Waals surface area (Å²) in [6.07, 6.45) is 6.35. The Balaban J connectivity index is 1.99. The molecule has 5 heteroatoms. The SMILES string of the molecule is Cc1cnc(C(=O)NC2CCCC2CN)cn1. The molecule has 1 aliphatic rings. The van der Waals surface area contributed by atoms with Crippen molar-refractivity contribution in [1.29, 1.82) is 0 Å². The lowest BCUT2D eigenvalue weighted by Gasteiger charge is -2.18. The van der Waals surface area contributed by atoms with Crippen molar-refractivity contribution in [3.8, 4) is 0 Å². The van der Waals surface area contributed by atoms with Gasteiger partial charge in [-0.3, -0.25) is 9.78 Å². The third-order valence-corrected chi connectivity index (χ3v) is 3.29. The molecule has 17 heavy (non-hydrogen) atoms. The lowest BCUT2D eigenvalue weighted by molar-refractivity contribution is 0.0923. The Morgan fingerprint density at radius 1 is 1.47 bits per heavy atom. The summed E-state index contributed by atoms with van der Waals surface area (Å²) in [7, 11) is 0. The summed E-state index contributed by atoms with van der Waals surface area (Å²) in [4.78, 5) is 20.1. The number of aromatic nitrogens is 2. The molecule has 2 unspecified atom stereocenters. The molecule has 92 valence electrons. The number of carbonyl (C=O) groups is 1. The number of hydrogen-bond donors (Lipinski definition) is 2. The smallest absolute Gasteiger partial charge is 0.271 e. The van der Waals surface area contributed by atoms with E-state index in [2.05, 4.69) is 15.3 Å². The van der Waals surface area contributed by atoms with Crippen LogP contribution in [0.1, 0.15) is 35.4 Å². The molecule has 0 spiro atoms. The van der Waals surface area contributed by atoms with Gasteiger partial charge in [0.05, 0.1) is 11.9 Å². The molecule has 2 atom stereocenters. The second-order valence-corrected chi connectivity index (χ2v) is 4.55. The summed E-state index contributed by atoms with van der Waals surface area (Å²) in [5.74, 6) is 0.250. The van der Waals surface area contributed by atoms with Gasteiger partial charge in [0.2, 0.25) is 0 Å². The van der Waals surface area contributed by atoms with Crippen LogP contribution < -0.4 is 11.1 Å². The third kappa shape index (κ3) is 2.79. The Bertz CT molecular complexity index is 390. The highest BCUT2D eigenvalue weighted by Gasteiger charge is 2.27. The summed E-state index contributed by atoms with van der Waals surface area (Å²) >= 11 is 0. The zero-order valence-electron chi connectivity index (χ0n) is 10.0. The molecule has 3 N–H and O–H groups in total. The molecule has 1 fully saturated rings. The van der Waals surface area contributed by atoms with Gasteiger partial charge in [-0.25, -0.2) is 4.98 Å². The fraction of sp³-hybridized carbons (Fsp3) is 0.583. The first kappa shape index (κ1) is 12.0. The molecule has 5 nitrogen and oxygen atoms in total. The minimum atomic E-state index is -0.150. The van der Waals surface area contributed by atoms with E-state index in [4.69, 9.17) is 5.73 Å². The van der Waals surface area contributed by atoms with Crippen LogP contribution in [0.25, 0.3) is 0 Å². The number of nitrogens with two attached hydrogens (primary N) is 1. The van der Waals surface area contributed by atoms with Crippen LogP contribution in [0.4, 0.5) is 0 Å². The summed E-state index contributed by atoms with van der Waals surface area (Å²) in [5, 5.41) is 2.99. The van der Waals surface area contributed by atoms with E-state index in [1.165, 1.54) is 6.20 Å². The molecule has 0 aliphatic heterocycles. The van der Waals surface area contributed by atoms with Gasteiger partial charge in [-0.05, 0) is 32.2 Å².